The summed E-state index contributed by atoms with van der Waals surface area (Å²) >= 11 is 1.74. The van der Waals surface area contributed by atoms with Crippen LogP contribution in [-0.4, -0.2) is 22.9 Å². The van der Waals surface area contributed by atoms with Gasteiger partial charge in [0.25, 0.3) is 0 Å². The highest BCUT2D eigenvalue weighted by Gasteiger charge is 2.23. The predicted molar refractivity (Wildman–Crippen MR) is 83.1 cm³/mol. The Hall–Kier alpha value is -1.46. The molecule has 4 nitrogen and oxygen atoms in total. The molecule has 0 spiro atoms. The van der Waals surface area contributed by atoms with E-state index in [0.29, 0.717) is 0 Å². The third kappa shape index (κ3) is 3.35. The summed E-state index contributed by atoms with van der Waals surface area (Å²) in [7, 11) is 3.62. The average molecular weight is 291 g/mol. The van der Waals surface area contributed by atoms with Gasteiger partial charge in [-0.25, -0.2) is 0 Å². The Kier molecular flexibility index (Phi) is 5.09. The van der Waals surface area contributed by atoms with Crippen LogP contribution in [0, 0.1) is 0 Å². The summed E-state index contributed by atoms with van der Waals surface area (Å²) in [6, 6.07) is 8.14. The standard InChI is InChI=1S/C15H21N3OS/c1-4-13(16)15(20-11-9-17-18(2)10-11)12-7-5-6-8-14(12)19-3/h5-10,13,15H,4,16H2,1-3H3. The van der Waals surface area contributed by atoms with Crippen LogP contribution in [0.5, 0.6) is 5.75 Å². The van der Waals surface area contributed by atoms with E-state index in [4.69, 9.17) is 10.5 Å². The highest BCUT2D eigenvalue weighted by Crippen LogP contribution is 2.41. The van der Waals surface area contributed by atoms with Crippen molar-refractivity contribution < 1.29 is 4.74 Å². The van der Waals surface area contributed by atoms with Gasteiger partial charge in [-0.15, -0.1) is 11.8 Å². The van der Waals surface area contributed by atoms with E-state index in [0.717, 1.165) is 22.6 Å². The maximum Gasteiger partial charge on any atom is 0.123 e. The maximum absolute atomic E-state index is 6.32. The van der Waals surface area contributed by atoms with Crippen LogP contribution in [0.15, 0.2) is 41.6 Å². The fraction of sp³-hybridized carbons (Fsp3) is 0.400. The first-order valence-corrected chi connectivity index (χ1v) is 7.57. The number of ether oxygens (including phenoxy) is 1. The quantitative estimate of drug-likeness (QED) is 0.831. The van der Waals surface area contributed by atoms with Gasteiger partial charge in [0.2, 0.25) is 0 Å². The van der Waals surface area contributed by atoms with Crippen molar-refractivity contribution in [3.05, 3.63) is 42.2 Å². The molecule has 0 radical (unpaired) electrons. The molecule has 0 aliphatic heterocycles. The van der Waals surface area contributed by atoms with E-state index in [9.17, 15) is 0 Å². The Labute approximate surface area is 124 Å². The van der Waals surface area contributed by atoms with Gasteiger partial charge in [0.05, 0.1) is 18.6 Å². The molecule has 5 heteroatoms. The van der Waals surface area contributed by atoms with E-state index < -0.39 is 0 Å². The van der Waals surface area contributed by atoms with Crippen LogP contribution < -0.4 is 10.5 Å². The number of methoxy groups -OCH3 is 1. The molecule has 1 aromatic carbocycles. The van der Waals surface area contributed by atoms with Crippen molar-refractivity contribution >= 4 is 11.8 Å². The lowest BCUT2D eigenvalue weighted by Gasteiger charge is -2.24. The monoisotopic (exact) mass is 291 g/mol. The number of benzene rings is 1. The van der Waals surface area contributed by atoms with Gasteiger partial charge in [-0.05, 0) is 12.5 Å². The van der Waals surface area contributed by atoms with Crippen molar-refractivity contribution in [1.29, 1.82) is 0 Å². The second-order valence-electron chi connectivity index (χ2n) is 4.70. The fourth-order valence-electron chi connectivity index (χ4n) is 2.10. The number of hydrogen-bond donors (Lipinski definition) is 1. The summed E-state index contributed by atoms with van der Waals surface area (Å²) in [6.07, 6.45) is 4.79. The fourth-order valence-corrected chi connectivity index (χ4v) is 3.41. The van der Waals surface area contributed by atoms with Gasteiger partial charge >= 0.3 is 0 Å². The SMILES string of the molecule is CCC(N)C(Sc1cnn(C)c1)c1ccccc1OC. The van der Waals surface area contributed by atoms with Gasteiger partial charge in [-0.1, -0.05) is 25.1 Å². The Morgan fingerprint density at radius 1 is 1.40 bits per heavy atom. The van der Waals surface area contributed by atoms with E-state index in [1.165, 1.54) is 0 Å². The van der Waals surface area contributed by atoms with Gasteiger partial charge in [0.1, 0.15) is 5.75 Å². The molecule has 2 aromatic rings. The van der Waals surface area contributed by atoms with E-state index in [1.54, 1.807) is 23.6 Å². The van der Waals surface area contributed by atoms with Gasteiger partial charge in [-0.3, -0.25) is 4.68 Å². The molecule has 1 aromatic heterocycles. The number of thioether (sulfide) groups is 1. The molecule has 0 aliphatic rings. The summed E-state index contributed by atoms with van der Waals surface area (Å²) in [6.45, 7) is 2.11. The first kappa shape index (κ1) is 14.9. The summed E-state index contributed by atoms with van der Waals surface area (Å²) in [5.74, 6) is 0.887. The number of rotatable bonds is 6. The number of aryl methyl sites for hydroxylation is 1. The van der Waals surface area contributed by atoms with Gasteiger partial charge in [0.15, 0.2) is 0 Å². The first-order valence-electron chi connectivity index (χ1n) is 6.69. The van der Waals surface area contributed by atoms with E-state index in [1.807, 2.05) is 37.6 Å². The zero-order valence-corrected chi connectivity index (χ0v) is 12.9. The molecule has 1 heterocycles. The molecule has 0 amide bonds. The van der Waals surface area contributed by atoms with E-state index in [2.05, 4.69) is 18.1 Å². The Morgan fingerprint density at radius 2 is 2.15 bits per heavy atom. The topological polar surface area (TPSA) is 53.1 Å². The Bertz CT molecular complexity index is 556. The minimum atomic E-state index is 0.0662. The minimum absolute atomic E-state index is 0.0662. The van der Waals surface area contributed by atoms with Crippen LogP contribution in [0.25, 0.3) is 0 Å². The second kappa shape index (κ2) is 6.81. The van der Waals surface area contributed by atoms with Crippen molar-refractivity contribution in [3.63, 3.8) is 0 Å². The highest BCUT2D eigenvalue weighted by molar-refractivity contribution is 7.99. The third-order valence-electron chi connectivity index (χ3n) is 3.25. The zero-order valence-electron chi connectivity index (χ0n) is 12.1. The van der Waals surface area contributed by atoms with E-state index in [-0.39, 0.29) is 11.3 Å². The normalized spacial score (nSPS) is 14.0. The van der Waals surface area contributed by atoms with Crippen LogP contribution in [0.2, 0.25) is 0 Å². The molecule has 0 bridgehead atoms. The summed E-state index contributed by atoms with van der Waals surface area (Å²) in [4.78, 5) is 1.12. The van der Waals surface area contributed by atoms with Gasteiger partial charge in [0, 0.05) is 29.7 Å². The summed E-state index contributed by atoms with van der Waals surface area (Å²) < 4.78 is 7.28. The van der Waals surface area contributed by atoms with Crippen molar-refractivity contribution in [2.45, 2.75) is 29.5 Å². The molecule has 2 atom stereocenters. The number of nitrogens with two attached hydrogens (primary N) is 1. The Balaban J connectivity index is 2.32. The highest BCUT2D eigenvalue weighted by atomic mass is 32.2. The molecule has 2 rings (SSSR count). The average Bonchev–Trinajstić information content (AvgIpc) is 2.89. The number of para-hydroxylation sites is 1. The zero-order chi connectivity index (χ0) is 14.5. The molecular weight excluding hydrogens is 270 g/mol. The van der Waals surface area contributed by atoms with Crippen LogP contribution in [0.3, 0.4) is 0 Å². The van der Waals surface area contributed by atoms with Crippen molar-refractivity contribution in [3.8, 4) is 5.75 Å². The van der Waals surface area contributed by atoms with Crippen molar-refractivity contribution in [2.24, 2.45) is 12.8 Å². The molecule has 20 heavy (non-hydrogen) atoms. The maximum atomic E-state index is 6.32. The van der Waals surface area contributed by atoms with Gasteiger partial charge in [-0.2, -0.15) is 5.10 Å². The largest absolute Gasteiger partial charge is 0.496 e. The van der Waals surface area contributed by atoms with E-state index >= 15 is 0 Å². The van der Waals surface area contributed by atoms with Crippen LogP contribution >= 0.6 is 11.8 Å². The summed E-state index contributed by atoms with van der Waals surface area (Å²) in [5.41, 5.74) is 7.46. The first-order chi connectivity index (χ1) is 9.65. The lowest BCUT2D eigenvalue weighted by molar-refractivity contribution is 0.407. The Morgan fingerprint density at radius 3 is 2.75 bits per heavy atom. The van der Waals surface area contributed by atoms with Crippen LogP contribution in [0.4, 0.5) is 0 Å². The molecular formula is C15H21N3OS. The molecule has 108 valence electrons. The lowest BCUT2D eigenvalue weighted by Crippen LogP contribution is -2.25. The van der Waals surface area contributed by atoms with Crippen LogP contribution in [-0.2, 0) is 7.05 Å². The molecule has 0 saturated heterocycles. The molecule has 2 N–H and O–H groups in total. The molecule has 0 fully saturated rings. The van der Waals surface area contributed by atoms with Crippen molar-refractivity contribution in [2.75, 3.05) is 7.11 Å². The number of aromatic nitrogens is 2. The van der Waals surface area contributed by atoms with Crippen molar-refractivity contribution in [1.82, 2.24) is 9.78 Å². The third-order valence-corrected chi connectivity index (χ3v) is 4.59. The molecule has 2 unspecified atom stereocenters. The number of nitrogens with zero attached hydrogens (tertiary/aromatic N) is 2. The predicted octanol–water partition coefficient (Wildman–Crippen LogP) is 3.00. The van der Waals surface area contributed by atoms with Crippen LogP contribution in [0.1, 0.15) is 24.2 Å². The smallest absolute Gasteiger partial charge is 0.123 e. The number of hydrogen-bond acceptors (Lipinski definition) is 4. The van der Waals surface area contributed by atoms with Gasteiger partial charge < -0.3 is 10.5 Å². The second-order valence-corrected chi connectivity index (χ2v) is 5.92. The minimum Gasteiger partial charge on any atom is -0.496 e. The summed E-state index contributed by atoms with van der Waals surface area (Å²) in [5, 5.41) is 4.37. The lowest BCUT2D eigenvalue weighted by atomic mass is 10.0. The molecule has 0 saturated carbocycles. The molecule has 0 aliphatic carbocycles.